The van der Waals surface area contributed by atoms with E-state index in [1.807, 2.05) is 0 Å². The number of hydrogen-bond acceptors (Lipinski definition) is 3. The first kappa shape index (κ1) is 15.1. The van der Waals surface area contributed by atoms with Crippen molar-refractivity contribution in [2.75, 3.05) is 6.61 Å². The highest BCUT2D eigenvalue weighted by atomic mass is 79.9. The van der Waals surface area contributed by atoms with E-state index in [1.54, 1.807) is 11.3 Å². The predicted octanol–water partition coefficient (Wildman–Crippen LogP) is 4.69. The molecular formula is C17H20BrNOS. The number of aryl methyl sites for hydroxylation is 1. The van der Waals surface area contributed by atoms with E-state index in [2.05, 4.69) is 57.1 Å². The first-order valence-corrected chi connectivity index (χ1v) is 9.12. The molecule has 2 aromatic rings. The van der Waals surface area contributed by atoms with Crippen LogP contribution >= 0.6 is 27.3 Å². The van der Waals surface area contributed by atoms with E-state index < -0.39 is 0 Å². The molecule has 1 aromatic carbocycles. The monoisotopic (exact) mass is 365 g/mol. The van der Waals surface area contributed by atoms with Gasteiger partial charge >= 0.3 is 0 Å². The Morgan fingerprint density at radius 1 is 1.38 bits per heavy atom. The van der Waals surface area contributed by atoms with Gasteiger partial charge in [-0.2, -0.15) is 11.3 Å². The Hall–Kier alpha value is -0.840. The maximum Gasteiger partial charge on any atom is 0.126 e. The van der Waals surface area contributed by atoms with Crippen LogP contribution < -0.4 is 10.1 Å². The number of nitrogens with one attached hydrogen (secondary N) is 1. The van der Waals surface area contributed by atoms with Gasteiger partial charge in [-0.15, -0.1) is 0 Å². The SMILES string of the molecule is Cc1cc(Br)cc(CNC2CC2)c1OCCc1ccsc1. The zero-order valence-corrected chi connectivity index (χ0v) is 14.6. The second-order valence-electron chi connectivity index (χ2n) is 5.60. The Kier molecular flexibility index (Phi) is 4.99. The summed E-state index contributed by atoms with van der Waals surface area (Å²) < 4.78 is 7.22. The van der Waals surface area contributed by atoms with Gasteiger partial charge in [0.25, 0.3) is 0 Å². The van der Waals surface area contributed by atoms with Gasteiger partial charge in [-0.05, 0) is 59.9 Å². The second-order valence-corrected chi connectivity index (χ2v) is 7.29. The molecule has 0 aliphatic heterocycles. The smallest absolute Gasteiger partial charge is 0.126 e. The lowest BCUT2D eigenvalue weighted by atomic mass is 10.1. The molecule has 3 rings (SSSR count). The summed E-state index contributed by atoms with van der Waals surface area (Å²) in [6, 6.07) is 7.17. The number of benzene rings is 1. The summed E-state index contributed by atoms with van der Waals surface area (Å²) in [4.78, 5) is 0. The lowest BCUT2D eigenvalue weighted by molar-refractivity contribution is 0.315. The molecule has 1 aromatic heterocycles. The third kappa shape index (κ3) is 4.31. The van der Waals surface area contributed by atoms with Crippen LogP contribution in [0.4, 0.5) is 0 Å². The Morgan fingerprint density at radius 3 is 2.95 bits per heavy atom. The van der Waals surface area contributed by atoms with E-state index in [4.69, 9.17) is 4.74 Å². The van der Waals surface area contributed by atoms with Crippen LogP contribution in [0.1, 0.15) is 29.5 Å². The summed E-state index contributed by atoms with van der Waals surface area (Å²) in [5, 5.41) is 7.88. The molecule has 0 unspecified atom stereocenters. The molecule has 1 fully saturated rings. The van der Waals surface area contributed by atoms with Crippen molar-refractivity contribution < 1.29 is 4.74 Å². The van der Waals surface area contributed by atoms with Crippen molar-refractivity contribution in [1.29, 1.82) is 0 Å². The molecule has 1 aliphatic carbocycles. The van der Waals surface area contributed by atoms with Crippen molar-refractivity contribution in [2.24, 2.45) is 0 Å². The molecule has 0 atom stereocenters. The number of rotatable bonds is 7. The normalized spacial score (nSPS) is 14.4. The average Bonchev–Trinajstić information content (AvgIpc) is 3.14. The first-order chi connectivity index (χ1) is 10.2. The molecule has 4 heteroatoms. The van der Waals surface area contributed by atoms with Gasteiger partial charge in [0.2, 0.25) is 0 Å². The molecule has 21 heavy (non-hydrogen) atoms. The minimum Gasteiger partial charge on any atom is -0.493 e. The van der Waals surface area contributed by atoms with Gasteiger partial charge in [-0.3, -0.25) is 0 Å². The van der Waals surface area contributed by atoms with E-state index in [1.165, 1.54) is 29.5 Å². The summed E-state index contributed by atoms with van der Waals surface area (Å²) >= 11 is 5.33. The molecule has 1 N–H and O–H groups in total. The molecule has 1 heterocycles. The Morgan fingerprint density at radius 2 is 2.24 bits per heavy atom. The largest absolute Gasteiger partial charge is 0.493 e. The number of hydrogen-bond donors (Lipinski definition) is 1. The van der Waals surface area contributed by atoms with E-state index in [0.717, 1.165) is 29.8 Å². The molecule has 112 valence electrons. The van der Waals surface area contributed by atoms with Gasteiger partial charge in [0.15, 0.2) is 0 Å². The number of ether oxygens (including phenoxy) is 1. The lowest BCUT2D eigenvalue weighted by Gasteiger charge is -2.15. The molecule has 1 aliphatic rings. The van der Waals surface area contributed by atoms with Crippen LogP contribution in [0.3, 0.4) is 0 Å². The third-order valence-corrected chi connectivity index (χ3v) is 4.88. The van der Waals surface area contributed by atoms with Gasteiger partial charge in [-0.25, -0.2) is 0 Å². The molecule has 0 amide bonds. The average molecular weight is 366 g/mol. The molecule has 1 saturated carbocycles. The molecule has 0 radical (unpaired) electrons. The van der Waals surface area contributed by atoms with Crippen LogP contribution in [0.5, 0.6) is 5.75 Å². The molecular weight excluding hydrogens is 346 g/mol. The summed E-state index contributed by atoms with van der Waals surface area (Å²) in [7, 11) is 0. The fraction of sp³-hybridized carbons (Fsp3) is 0.412. The van der Waals surface area contributed by atoms with E-state index in [-0.39, 0.29) is 0 Å². The molecule has 0 bridgehead atoms. The molecule has 0 saturated heterocycles. The zero-order valence-electron chi connectivity index (χ0n) is 12.2. The van der Waals surface area contributed by atoms with Crippen molar-refractivity contribution in [1.82, 2.24) is 5.32 Å². The highest BCUT2D eigenvalue weighted by molar-refractivity contribution is 9.10. The number of thiophene rings is 1. The van der Waals surface area contributed by atoms with Crippen molar-refractivity contribution in [3.63, 3.8) is 0 Å². The van der Waals surface area contributed by atoms with Crippen molar-refractivity contribution in [3.05, 3.63) is 50.1 Å². The Bertz CT molecular complexity index is 593. The summed E-state index contributed by atoms with van der Waals surface area (Å²) in [5.74, 6) is 1.04. The lowest BCUT2D eigenvalue weighted by Crippen LogP contribution is -2.16. The van der Waals surface area contributed by atoms with Crippen LogP contribution in [-0.2, 0) is 13.0 Å². The summed E-state index contributed by atoms with van der Waals surface area (Å²) in [6.45, 7) is 3.74. The zero-order chi connectivity index (χ0) is 14.7. The summed E-state index contributed by atoms with van der Waals surface area (Å²) in [6.07, 6.45) is 3.58. The van der Waals surface area contributed by atoms with Gasteiger partial charge < -0.3 is 10.1 Å². The summed E-state index contributed by atoms with van der Waals surface area (Å²) in [5.41, 5.74) is 3.80. The highest BCUT2D eigenvalue weighted by Gasteiger charge is 2.21. The molecule has 0 spiro atoms. The standard InChI is InChI=1S/C17H20BrNOS/c1-12-8-15(18)9-14(10-19-16-2-3-16)17(12)20-6-4-13-5-7-21-11-13/h5,7-9,11,16,19H,2-4,6,10H2,1H3. The minimum atomic E-state index is 0.711. The van der Waals surface area contributed by atoms with Gasteiger partial charge in [0.05, 0.1) is 6.61 Å². The van der Waals surface area contributed by atoms with Gasteiger partial charge in [0, 0.05) is 29.0 Å². The Labute approximate surface area is 138 Å². The fourth-order valence-corrected chi connectivity index (χ4v) is 3.71. The predicted molar refractivity (Wildman–Crippen MR) is 92.3 cm³/mol. The maximum atomic E-state index is 6.09. The van der Waals surface area contributed by atoms with E-state index in [0.29, 0.717) is 6.04 Å². The topological polar surface area (TPSA) is 21.3 Å². The van der Waals surface area contributed by atoms with Crippen LogP contribution in [-0.4, -0.2) is 12.6 Å². The first-order valence-electron chi connectivity index (χ1n) is 7.38. The van der Waals surface area contributed by atoms with Crippen LogP contribution in [0.25, 0.3) is 0 Å². The fourth-order valence-electron chi connectivity index (χ4n) is 2.38. The highest BCUT2D eigenvalue weighted by Crippen LogP contribution is 2.29. The van der Waals surface area contributed by atoms with Gasteiger partial charge in [0.1, 0.15) is 5.75 Å². The number of halogens is 1. The van der Waals surface area contributed by atoms with Crippen molar-refractivity contribution in [2.45, 2.75) is 38.8 Å². The van der Waals surface area contributed by atoms with E-state index in [9.17, 15) is 0 Å². The maximum absolute atomic E-state index is 6.09. The third-order valence-electron chi connectivity index (χ3n) is 3.69. The van der Waals surface area contributed by atoms with E-state index >= 15 is 0 Å². The second kappa shape index (κ2) is 6.95. The van der Waals surface area contributed by atoms with Crippen LogP contribution in [0, 0.1) is 6.92 Å². The van der Waals surface area contributed by atoms with Crippen LogP contribution in [0.2, 0.25) is 0 Å². The van der Waals surface area contributed by atoms with Gasteiger partial charge in [-0.1, -0.05) is 15.9 Å². The van der Waals surface area contributed by atoms with Crippen molar-refractivity contribution >= 4 is 27.3 Å². The minimum absolute atomic E-state index is 0.711. The quantitative estimate of drug-likeness (QED) is 0.768. The van der Waals surface area contributed by atoms with Crippen molar-refractivity contribution in [3.8, 4) is 5.75 Å². The molecule has 2 nitrogen and oxygen atoms in total. The Balaban J connectivity index is 1.65. The van der Waals surface area contributed by atoms with Crippen LogP contribution in [0.15, 0.2) is 33.4 Å².